The first-order valence-electron chi connectivity index (χ1n) is 5.28. The lowest BCUT2D eigenvalue weighted by Crippen LogP contribution is -2.01. The summed E-state index contributed by atoms with van der Waals surface area (Å²) in [6.45, 7) is 2.26. The lowest BCUT2D eigenvalue weighted by Gasteiger charge is -2.10. The summed E-state index contributed by atoms with van der Waals surface area (Å²) in [6.07, 6.45) is 10.7. The zero-order chi connectivity index (χ0) is 10.7. The van der Waals surface area contributed by atoms with Crippen LogP contribution in [0.3, 0.4) is 0 Å². The topological polar surface area (TPSA) is 13.1 Å². The second-order valence-electron chi connectivity index (χ2n) is 3.90. The summed E-state index contributed by atoms with van der Waals surface area (Å²) in [5.74, 6) is 1.68. The Morgan fingerprint density at radius 1 is 1.47 bits per heavy atom. The van der Waals surface area contributed by atoms with Crippen LogP contribution in [0.25, 0.3) is 0 Å². The molecule has 0 spiro atoms. The molecule has 1 aliphatic rings. The minimum Gasteiger partial charge on any atom is -0.455 e. The first-order valence-corrected chi connectivity index (χ1v) is 6.50. The van der Waals surface area contributed by atoms with E-state index in [0.29, 0.717) is 5.92 Å². The minimum atomic E-state index is 0.584. The number of thioether (sulfide) groups is 1. The Kier molecular flexibility index (Phi) is 3.37. The molecule has 1 atom stereocenters. The Balaban J connectivity index is 1.96. The van der Waals surface area contributed by atoms with Gasteiger partial charge in [-0.05, 0) is 30.7 Å². The maximum absolute atomic E-state index is 5.68. The molecule has 0 aromatic carbocycles. The fourth-order valence-electron chi connectivity index (χ4n) is 1.84. The lowest BCUT2D eigenvalue weighted by atomic mass is 9.96. The average molecular weight is 220 g/mol. The Morgan fingerprint density at radius 2 is 2.33 bits per heavy atom. The molecule has 2 rings (SSSR count). The molecule has 0 aliphatic heterocycles. The van der Waals surface area contributed by atoms with Gasteiger partial charge in [-0.25, -0.2) is 0 Å². The van der Waals surface area contributed by atoms with E-state index in [1.807, 2.05) is 12.3 Å². The highest BCUT2D eigenvalue weighted by molar-refractivity contribution is 7.98. The van der Waals surface area contributed by atoms with Gasteiger partial charge in [-0.2, -0.15) is 0 Å². The Morgan fingerprint density at radius 3 is 2.93 bits per heavy atom. The molecular formula is C13H16OS. The van der Waals surface area contributed by atoms with Crippen molar-refractivity contribution in [2.24, 2.45) is 5.92 Å². The van der Waals surface area contributed by atoms with Gasteiger partial charge in [-0.1, -0.05) is 42.5 Å². The zero-order valence-electron chi connectivity index (χ0n) is 9.19. The Labute approximate surface area is 95.2 Å². The van der Waals surface area contributed by atoms with E-state index in [2.05, 4.69) is 31.2 Å². The van der Waals surface area contributed by atoms with Gasteiger partial charge in [-0.3, -0.25) is 0 Å². The summed E-state index contributed by atoms with van der Waals surface area (Å²) in [5, 5.41) is 1.01. The third kappa shape index (κ3) is 2.57. The van der Waals surface area contributed by atoms with Crippen molar-refractivity contribution in [2.75, 3.05) is 6.26 Å². The van der Waals surface area contributed by atoms with Gasteiger partial charge < -0.3 is 4.42 Å². The molecule has 0 radical (unpaired) electrons. The van der Waals surface area contributed by atoms with Gasteiger partial charge in [0.05, 0.1) is 0 Å². The van der Waals surface area contributed by atoms with Crippen molar-refractivity contribution in [1.29, 1.82) is 0 Å². The Hall–Kier alpha value is -0.890. The van der Waals surface area contributed by atoms with Crippen molar-refractivity contribution >= 4 is 11.8 Å². The molecule has 0 bridgehead atoms. The number of furan rings is 1. The quantitative estimate of drug-likeness (QED) is 0.710. The summed E-state index contributed by atoms with van der Waals surface area (Å²) in [4.78, 5) is 0. The molecule has 2 heteroatoms. The largest absolute Gasteiger partial charge is 0.455 e. The highest BCUT2D eigenvalue weighted by atomic mass is 32.2. The molecule has 0 saturated heterocycles. The zero-order valence-corrected chi connectivity index (χ0v) is 10.0. The van der Waals surface area contributed by atoms with Crippen LogP contribution in [0.1, 0.15) is 19.1 Å². The summed E-state index contributed by atoms with van der Waals surface area (Å²) in [6, 6.07) is 4.14. The van der Waals surface area contributed by atoms with Crippen molar-refractivity contribution < 1.29 is 4.42 Å². The van der Waals surface area contributed by atoms with Crippen LogP contribution >= 0.6 is 11.8 Å². The number of rotatable bonds is 4. The standard InChI is InChI=1S/C13H16OS/c1-10(11-5-3-4-6-11)9-12-7-8-13(14-12)15-2/h3-5,7-8,10H,6,9H2,1-2H3. The van der Waals surface area contributed by atoms with Crippen LogP contribution in [-0.4, -0.2) is 6.26 Å². The average Bonchev–Trinajstić information content (AvgIpc) is 2.87. The monoisotopic (exact) mass is 220 g/mol. The minimum absolute atomic E-state index is 0.584. The van der Waals surface area contributed by atoms with E-state index in [1.165, 1.54) is 5.57 Å². The molecule has 15 heavy (non-hydrogen) atoms. The van der Waals surface area contributed by atoms with Crippen LogP contribution in [0.2, 0.25) is 0 Å². The van der Waals surface area contributed by atoms with E-state index < -0.39 is 0 Å². The second kappa shape index (κ2) is 4.75. The molecule has 1 heterocycles. The molecule has 1 unspecified atom stereocenters. The van der Waals surface area contributed by atoms with Gasteiger partial charge in [0.1, 0.15) is 5.76 Å². The molecule has 1 aromatic heterocycles. The molecule has 0 saturated carbocycles. The van der Waals surface area contributed by atoms with Gasteiger partial charge >= 0.3 is 0 Å². The van der Waals surface area contributed by atoms with Crippen molar-refractivity contribution in [1.82, 2.24) is 0 Å². The van der Waals surface area contributed by atoms with Crippen molar-refractivity contribution in [3.8, 4) is 0 Å². The second-order valence-corrected chi connectivity index (χ2v) is 4.71. The van der Waals surface area contributed by atoms with Gasteiger partial charge in [0.15, 0.2) is 5.09 Å². The summed E-state index contributed by atoms with van der Waals surface area (Å²) in [7, 11) is 0. The fourth-order valence-corrected chi connectivity index (χ4v) is 2.23. The predicted molar refractivity (Wildman–Crippen MR) is 65.2 cm³/mol. The highest BCUT2D eigenvalue weighted by Gasteiger charge is 2.12. The van der Waals surface area contributed by atoms with E-state index in [9.17, 15) is 0 Å². The number of hydrogen-bond donors (Lipinski definition) is 0. The molecule has 0 N–H and O–H groups in total. The normalized spacial score (nSPS) is 16.8. The van der Waals surface area contributed by atoms with E-state index in [0.717, 1.165) is 23.7 Å². The van der Waals surface area contributed by atoms with E-state index in [1.54, 1.807) is 11.8 Å². The molecule has 0 amide bonds. The van der Waals surface area contributed by atoms with Gasteiger partial charge in [0.25, 0.3) is 0 Å². The van der Waals surface area contributed by atoms with Crippen molar-refractivity contribution in [2.45, 2.75) is 24.9 Å². The smallest absolute Gasteiger partial charge is 0.160 e. The van der Waals surface area contributed by atoms with Crippen LogP contribution in [0.4, 0.5) is 0 Å². The summed E-state index contributed by atoms with van der Waals surface area (Å²) in [5.41, 5.74) is 1.51. The van der Waals surface area contributed by atoms with Crippen LogP contribution in [0.5, 0.6) is 0 Å². The highest BCUT2D eigenvalue weighted by Crippen LogP contribution is 2.26. The third-order valence-electron chi connectivity index (χ3n) is 2.78. The molecular weight excluding hydrogens is 204 g/mol. The number of allylic oxidation sites excluding steroid dienone is 4. The van der Waals surface area contributed by atoms with Gasteiger partial charge in [0.2, 0.25) is 0 Å². The molecule has 80 valence electrons. The van der Waals surface area contributed by atoms with Crippen LogP contribution in [0.15, 0.2) is 45.4 Å². The molecule has 1 aromatic rings. The van der Waals surface area contributed by atoms with Crippen molar-refractivity contribution in [3.05, 3.63) is 41.7 Å². The maximum atomic E-state index is 5.68. The van der Waals surface area contributed by atoms with Crippen molar-refractivity contribution in [3.63, 3.8) is 0 Å². The third-order valence-corrected chi connectivity index (χ3v) is 3.40. The predicted octanol–water partition coefficient (Wildman–Crippen LogP) is 4.07. The van der Waals surface area contributed by atoms with Gasteiger partial charge in [0, 0.05) is 6.42 Å². The van der Waals surface area contributed by atoms with Crippen LogP contribution in [-0.2, 0) is 6.42 Å². The van der Waals surface area contributed by atoms with E-state index >= 15 is 0 Å². The van der Waals surface area contributed by atoms with E-state index in [-0.39, 0.29) is 0 Å². The number of hydrogen-bond acceptors (Lipinski definition) is 2. The molecule has 1 nitrogen and oxygen atoms in total. The molecule has 1 aliphatic carbocycles. The SMILES string of the molecule is CSc1ccc(CC(C)C2=CC=CC2)o1. The van der Waals surface area contributed by atoms with Crippen LogP contribution in [0, 0.1) is 5.92 Å². The van der Waals surface area contributed by atoms with Gasteiger partial charge in [-0.15, -0.1) is 0 Å². The first kappa shape index (κ1) is 10.6. The Bertz CT molecular complexity index is 387. The molecule has 0 fully saturated rings. The maximum Gasteiger partial charge on any atom is 0.160 e. The first-order chi connectivity index (χ1) is 7.29. The lowest BCUT2D eigenvalue weighted by molar-refractivity contribution is 0.414. The van der Waals surface area contributed by atoms with Crippen LogP contribution < -0.4 is 0 Å². The fraction of sp³-hybridized carbons (Fsp3) is 0.385. The summed E-state index contributed by atoms with van der Waals surface area (Å²) < 4.78 is 5.68. The summed E-state index contributed by atoms with van der Waals surface area (Å²) >= 11 is 1.66. The van der Waals surface area contributed by atoms with E-state index in [4.69, 9.17) is 4.42 Å².